The van der Waals surface area contributed by atoms with Gasteiger partial charge in [-0.25, -0.2) is 9.97 Å². The lowest BCUT2D eigenvalue weighted by atomic mass is 10.0. The molecule has 2 nitrogen and oxygen atoms in total. The fourth-order valence-electron chi connectivity index (χ4n) is 2.93. The summed E-state index contributed by atoms with van der Waals surface area (Å²) in [7, 11) is 0. The summed E-state index contributed by atoms with van der Waals surface area (Å²) >= 11 is 6.16. The highest BCUT2D eigenvalue weighted by Crippen LogP contribution is 2.33. The molecule has 1 aromatic heterocycles. The van der Waals surface area contributed by atoms with E-state index in [0.717, 1.165) is 24.4 Å². The molecule has 0 unspecified atom stereocenters. The molecule has 0 amide bonds. The Morgan fingerprint density at radius 1 is 1.00 bits per heavy atom. The molecule has 0 N–H and O–H groups in total. The average Bonchev–Trinajstić information content (AvgIpc) is 3.00. The molecule has 0 bridgehead atoms. The van der Waals surface area contributed by atoms with Crippen molar-refractivity contribution < 1.29 is 0 Å². The molecule has 0 atom stereocenters. The molecule has 0 spiro atoms. The minimum absolute atomic E-state index is 0.588. The number of aryl methyl sites for hydroxylation is 2. The van der Waals surface area contributed by atoms with Gasteiger partial charge in [-0.2, -0.15) is 0 Å². The van der Waals surface area contributed by atoms with E-state index in [1.807, 2.05) is 12.1 Å². The van der Waals surface area contributed by atoms with Gasteiger partial charge < -0.3 is 0 Å². The first-order valence-electron chi connectivity index (χ1n) is 7.38. The number of nitrogens with zero attached hydrogens (tertiary/aromatic N) is 2. The first-order chi connectivity index (χ1) is 9.81. The summed E-state index contributed by atoms with van der Waals surface area (Å²) in [6.07, 6.45) is 6.92. The van der Waals surface area contributed by atoms with Crippen molar-refractivity contribution in [2.45, 2.75) is 44.4 Å². The number of aromatic nitrogens is 2. The van der Waals surface area contributed by atoms with Crippen molar-refractivity contribution in [1.29, 1.82) is 0 Å². The summed E-state index contributed by atoms with van der Waals surface area (Å²) in [6.45, 7) is 0. The first kappa shape index (κ1) is 13.6. The number of hydrogen-bond acceptors (Lipinski definition) is 2. The van der Waals surface area contributed by atoms with E-state index in [9.17, 15) is 0 Å². The quantitative estimate of drug-likeness (QED) is 0.769. The number of hydrogen-bond donors (Lipinski definition) is 0. The van der Waals surface area contributed by atoms with Crippen LogP contribution in [-0.2, 0) is 12.8 Å². The lowest BCUT2D eigenvalue weighted by Crippen LogP contribution is -2.04. The lowest BCUT2D eigenvalue weighted by Gasteiger charge is -2.10. The van der Waals surface area contributed by atoms with E-state index in [1.165, 1.54) is 31.2 Å². The third-order valence-electron chi connectivity index (χ3n) is 4.01. The number of halogens is 1. The van der Waals surface area contributed by atoms with E-state index in [0.29, 0.717) is 11.1 Å². The van der Waals surface area contributed by atoms with Crippen LogP contribution in [0.4, 0.5) is 0 Å². The zero-order valence-electron chi connectivity index (χ0n) is 11.6. The molecule has 0 saturated heterocycles. The molecular weight excluding hydrogens is 268 g/mol. The largest absolute Gasteiger partial charge is 0.238 e. The fourth-order valence-corrected chi connectivity index (χ4v) is 3.14. The molecule has 0 radical (unpaired) electrons. The van der Waals surface area contributed by atoms with Crippen LogP contribution in [0.5, 0.6) is 0 Å². The Bertz CT molecular complexity index is 562. The van der Waals surface area contributed by atoms with Crippen molar-refractivity contribution in [2.75, 3.05) is 0 Å². The Hall–Kier alpha value is -1.41. The average molecular weight is 287 g/mol. The van der Waals surface area contributed by atoms with Crippen molar-refractivity contribution >= 4 is 11.6 Å². The van der Waals surface area contributed by atoms with Crippen LogP contribution in [-0.4, -0.2) is 9.97 Å². The zero-order chi connectivity index (χ0) is 13.8. The highest BCUT2D eigenvalue weighted by molar-refractivity contribution is 6.29. The van der Waals surface area contributed by atoms with Crippen LogP contribution < -0.4 is 0 Å². The van der Waals surface area contributed by atoms with Crippen molar-refractivity contribution in [3.8, 4) is 0 Å². The second-order valence-electron chi connectivity index (χ2n) is 5.50. The van der Waals surface area contributed by atoms with E-state index >= 15 is 0 Å². The lowest BCUT2D eigenvalue weighted by molar-refractivity contribution is 0.681. The highest BCUT2D eigenvalue weighted by Gasteiger charge is 2.19. The summed E-state index contributed by atoms with van der Waals surface area (Å²) in [5.74, 6) is 1.47. The molecule has 1 saturated carbocycles. The second kappa shape index (κ2) is 6.36. The van der Waals surface area contributed by atoms with Gasteiger partial charge in [0, 0.05) is 18.0 Å². The van der Waals surface area contributed by atoms with Gasteiger partial charge in [-0.3, -0.25) is 0 Å². The highest BCUT2D eigenvalue weighted by atomic mass is 35.5. The predicted octanol–water partition coefficient (Wildman–Crippen LogP) is 4.57. The summed E-state index contributed by atoms with van der Waals surface area (Å²) < 4.78 is 0. The van der Waals surface area contributed by atoms with E-state index in [1.54, 1.807) is 0 Å². The van der Waals surface area contributed by atoms with Gasteiger partial charge in [-0.1, -0.05) is 54.8 Å². The van der Waals surface area contributed by atoms with Crippen LogP contribution in [0, 0.1) is 0 Å². The molecule has 1 heterocycles. The molecular formula is C17H19ClN2. The third kappa shape index (κ3) is 3.37. The van der Waals surface area contributed by atoms with Gasteiger partial charge in [0.15, 0.2) is 0 Å². The minimum Gasteiger partial charge on any atom is -0.238 e. The van der Waals surface area contributed by atoms with Gasteiger partial charge in [-0.05, 0) is 30.9 Å². The smallest absolute Gasteiger partial charge is 0.133 e. The maximum Gasteiger partial charge on any atom is 0.133 e. The van der Waals surface area contributed by atoms with Gasteiger partial charge in [0.2, 0.25) is 0 Å². The van der Waals surface area contributed by atoms with E-state index in [-0.39, 0.29) is 0 Å². The van der Waals surface area contributed by atoms with Crippen LogP contribution in [0.15, 0.2) is 36.4 Å². The van der Waals surface area contributed by atoms with Crippen LogP contribution in [0.1, 0.15) is 48.7 Å². The van der Waals surface area contributed by atoms with Gasteiger partial charge in [-0.15, -0.1) is 0 Å². The molecule has 1 aliphatic rings. The molecule has 2 aromatic rings. The Labute approximate surface area is 125 Å². The molecule has 20 heavy (non-hydrogen) atoms. The Kier molecular flexibility index (Phi) is 4.31. The van der Waals surface area contributed by atoms with Gasteiger partial charge in [0.25, 0.3) is 0 Å². The Morgan fingerprint density at radius 3 is 2.50 bits per heavy atom. The predicted molar refractivity (Wildman–Crippen MR) is 82.1 cm³/mol. The maximum absolute atomic E-state index is 6.16. The summed E-state index contributed by atoms with van der Waals surface area (Å²) in [5, 5.41) is 0.588. The topological polar surface area (TPSA) is 25.8 Å². The molecule has 0 aliphatic heterocycles. The SMILES string of the molecule is Clc1cc(C2CCCC2)nc(CCc2ccccc2)n1. The van der Waals surface area contributed by atoms with Crippen molar-refractivity contribution in [1.82, 2.24) is 9.97 Å². The van der Waals surface area contributed by atoms with Crippen molar-refractivity contribution in [3.05, 3.63) is 58.6 Å². The zero-order valence-corrected chi connectivity index (χ0v) is 12.3. The van der Waals surface area contributed by atoms with E-state index in [2.05, 4.69) is 29.2 Å². The Balaban J connectivity index is 1.72. The number of benzene rings is 1. The van der Waals surface area contributed by atoms with E-state index < -0.39 is 0 Å². The molecule has 1 fully saturated rings. The fraction of sp³-hybridized carbons (Fsp3) is 0.412. The molecule has 1 aromatic carbocycles. The van der Waals surface area contributed by atoms with Crippen molar-refractivity contribution in [3.63, 3.8) is 0 Å². The van der Waals surface area contributed by atoms with Gasteiger partial charge in [0.05, 0.1) is 0 Å². The van der Waals surface area contributed by atoms with Gasteiger partial charge in [0.1, 0.15) is 11.0 Å². The van der Waals surface area contributed by atoms with Crippen LogP contribution in [0.25, 0.3) is 0 Å². The van der Waals surface area contributed by atoms with Gasteiger partial charge >= 0.3 is 0 Å². The van der Waals surface area contributed by atoms with E-state index in [4.69, 9.17) is 16.6 Å². The Morgan fingerprint density at radius 2 is 1.75 bits per heavy atom. The summed E-state index contributed by atoms with van der Waals surface area (Å²) in [6, 6.07) is 12.4. The van der Waals surface area contributed by atoms with Crippen LogP contribution in [0.3, 0.4) is 0 Å². The standard InChI is InChI=1S/C17H19ClN2/c18-16-12-15(14-8-4-5-9-14)19-17(20-16)11-10-13-6-2-1-3-7-13/h1-3,6-7,12,14H,4-5,8-11H2. The molecule has 3 heteroatoms. The van der Waals surface area contributed by atoms with Crippen molar-refractivity contribution in [2.24, 2.45) is 0 Å². The second-order valence-corrected chi connectivity index (χ2v) is 5.89. The summed E-state index contributed by atoms with van der Waals surface area (Å²) in [5.41, 5.74) is 2.46. The molecule has 1 aliphatic carbocycles. The third-order valence-corrected chi connectivity index (χ3v) is 4.21. The number of rotatable bonds is 4. The molecule has 3 rings (SSSR count). The minimum atomic E-state index is 0.588. The monoisotopic (exact) mass is 286 g/mol. The first-order valence-corrected chi connectivity index (χ1v) is 7.76. The van der Waals surface area contributed by atoms with Crippen LogP contribution in [0.2, 0.25) is 5.15 Å². The molecule has 104 valence electrons. The summed E-state index contributed by atoms with van der Waals surface area (Å²) in [4.78, 5) is 9.11. The normalized spacial score (nSPS) is 15.7. The maximum atomic E-state index is 6.16. The van der Waals surface area contributed by atoms with Crippen LogP contribution >= 0.6 is 11.6 Å².